The maximum Gasteiger partial charge on any atom is 0.303 e. The van der Waals surface area contributed by atoms with Crippen molar-refractivity contribution in [2.75, 3.05) is 7.11 Å². The lowest BCUT2D eigenvalue weighted by molar-refractivity contribution is -0.261. The van der Waals surface area contributed by atoms with Gasteiger partial charge in [0.15, 0.2) is 6.29 Å². The van der Waals surface area contributed by atoms with E-state index < -0.39 is 42.2 Å². The fourth-order valence-electron chi connectivity index (χ4n) is 5.74. The summed E-state index contributed by atoms with van der Waals surface area (Å²) in [5.74, 6) is 0.588. The first-order chi connectivity index (χ1) is 18.6. The molecule has 1 saturated heterocycles. The molecule has 0 amide bonds. The lowest BCUT2D eigenvalue weighted by atomic mass is 9.88. The highest BCUT2D eigenvalue weighted by molar-refractivity contribution is 5.99. The van der Waals surface area contributed by atoms with Gasteiger partial charge in [-0.05, 0) is 38.4 Å². The molecule has 2 aliphatic heterocycles. The Morgan fingerprint density at radius 2 is 2.03 bits per heavy atom. The van der Waals surface area contributed by atoms with E-state index in [1.54, 1.807) is 20.1 Å². The molecule has 0 unspecified atom stereocenters. The van der Waals surface area contributed by atoms with E-state index in [2.05, 4.69) is 10.0 Å². The fourth-order valence-corrected chi connectivity index (χ4v) is 5.74. The van der Waals surface area contributed by atoms with E-state index >= 15 is 0 Å². The molecule has 3 heterocycles. The van der Waals surface area contributed by atoms with Gasteiger partial charge in [-0.2, -0.15) is 0 Å². The van der Waals surface area contributed by atoms with Gasteiger partial charge in [-0.1, -0.05) is 17.2 Å². The highest BCUT2D eigenvalue weighted by Gasteiger charge is 2.45. The molecule has 0 spiro atoms. The van der Waals surface area contributed by atoms with Gasteiger partial charge in [-0.25, -0.2) is 0 Å². The molecule has 5 atom stereocenters. The lowest BCUT2D eigenvalue weighted by Gasteiger charge is -2.44. The first-order valence-corrected chi connectivity index (χ1v) is 12.9. The smallest absolute Gasteiger partial charge is 0.303 e. The molecule has 2 aromatic carbocycles. The van der Waals surface area contributed by atoms with Crippen LogP contribution in [0.1, 0.15) is 39.7 Å². The first kappa shape index (κ1) is 26.8. The van der Waals surface area contributed by atoms with Crippen LogP contribution < -0.4 is 14.9 Å². The van der Waals surface area contributed by atoms with E-state index in [1.165, 1.54) is 6.92 Å². The van der Waals surface area contributed by atoms with Crippen molar-refractivity contribution in [3.8, 4) is 11.5 Å². The largest absolute Gasteiger partial charge is 0.496 e. The molecule has 11 nitrogen and oxygen atoms in total. The number of ether oxygens (including phenoxy) is 5. The zero-order chi connectivity index (χ0) is 28.1. The summed E-state index contributed by atoms with van der Waals surface area (Å²) < 4.78 is 32.1. The quantitative estimate of drug-likeness (QED) is 0.154. The number of carbonyl (C=O) groups excluding carboxylic acids is 1. The van der Waals surface area contributed by atoms with Crippen molar-refractivity contribution >= 4 is 27.8 Å². The summed E-state index contributed by atoms with van der Waals surface area (Å²) in [5.41, 5.74) is 10.6. The summed E-state index contributed by atoms with van der Waals surface area (Å²) in [7, 11) is 3.46. The van der Waals surface area contributed by atoms with Crippen LogP contribution in [0.2, 0.25) is 0 Å². The van der Waals surface area contributed by atoms with Gasteiger partial charge in [0.05, 0.1) is 35.7 Å². The fraction of sp³-hybridized carbons (Fsp3) is 0.500. The van der Waals surface area contributed by atoms with Crippen molar-refractivity contribution < 1.29 is 28.5 Å². The predicted octanol–water partition coefficient (Wildman–Crippen LogP) is 4.54. The molecule has 0 N–H and O–H groups in total. The molecule has 5 rings (SSSR count). The van der Waals surface area contributed by atoms with Crippen molar-refractivity contribution in [3.05, 3.63) is 56.6 Å². The third kappa shape index (κ3) is 4.67. The number of aromatic nitrogens is 1. The van der Waals surface area contributed by atoms with Crippen molar-refractivity contribution in [3.63, 3.8) is 0 Å². The number of rotatable bonds is 5. The summed E-state index contributed by atoms with van der Waals surface area (Å²) in [6.07, 6.45) is -1.84. The number of carbonyl (C=O) groups is 1. The normalized spacial score (nSPS) is 25.8. The summed E-state index contributed by atoms with van der Waals surface area (Å²) in [5, 5.41) is 4.94. The number of methoxy groups -OCH3 is 1. The number of para-hydroxylation sites is 1. The number of hydrogen-bond donors (Lipinski definition) is 0. The van der Waals surface area contributed by atoms with Crippen molar-refractivity contribution in [2.24, 2.45) is 12.2 Å². The average Bonchev–Trinajstić information content (AvgIpc) is 2.88. The summed E-state index contributed by atoms with van der Waals surface area (Å²) in [6.45, 7) is 6.91. The van der Waals surface area contributed by atoms with Crippen LogP contribution in [-0.4, -0.2) is 53.9 Å². The number of nitrogens with zero attached hydrogens (tertiary/aromatic N) is 4. The van der Waals surface area contributed by atoms with Gasteiger partial charge in [0.1, 0.15) is 29.3 Å². The highest BCUT2D eigenvalue weighted by atomic mass is 16.7. The summed E-state index contributed by atoms with van der Waals surface area (Å²) >= 11 is 0. The molecule has 1 aromatic heterocycles. The molecule has 1 fully saturated rings. The third-order valence-electron chi connectivity index (χ3n) is 7.62. The molecule has 0 bridgehead atoms. The standard InChI is InChI=1S/C28H32N4O7/c1-14-27(37-15(2)33)18(30-31-29)12-23(36-14)38-22-11-17-20(39-28(22,3)4)13-21(35-6)24-25(17)32(5)19-10-8-7-9-16(19)26(24)34/h7-10,13-14,18,22-23,27H,11-12H2,1-6H3/t14-,18-,22-,23-,27+/m0/s1. The van der Waals surface area contributed by atoms with Crippen molar-refractivity contribution in [2.45, 2.75) is 76.8 Å². The first-order valence-electron chi connectivity index (χ1n) is 12.9. The van der Waals surface area contributed by atoms with Crippen molar-refractivity contribution in [1.29, 1.82) is 0 Å². The van der Waals surface area contributed by atoms with Crippen LogP contribution in [-0.2, 0) is 32.5 Å². The van der Waals surface area contributed by atoms with Gasteiger partial charge in [0.25, 0.3) is 0 Å². The van der Waals surface area contributed by atoms with Gasteiger partial charge in [-0.3, -0.25) is 9.59 Å². The SMILES string of the molecule is COc1cc2c(c3c1c(=O)c1ccccc1n3C)C[C@H](O[C@H]1C[C@H](N=[N+]=[N-])[C@H](OC(C)=O)[C@H](C)O1)C(C)(C)O2. The number of azide groups is 1. The Balaban J connectivity index is 1.55. The zero-order valence-corrected chi connectivity index (χ0v) is 22.8. The Morgan fingerprint density at radius 3 is 2.72 bits per heavy atom. The Kier molecular flexibility index (Phi) is 6.92. The molecule has 3 aromatic rings. The average molecular weight is 537 g/mol. The number of fused-ring (bicyclic) bond motifs is 4. The van der Waals surface area contributed by atoms with Gasteiger partial charge in [-0.15, -0.1) is 0 Å². The van der Waals surface area contributed by atoms with Crippen molar-refractivity contribution in [1.82, 2.24) is 4.57 Å². The molecular weight excluding hydrogens is 504 g/mol. The Labute approximate surface area is 225 Å². The van der Waals surface area contributed by atoms with Gasteiger partial charge >= 0.3 is 5.97 Å². The Morgan fingerprint density at radius 1 is 1.28 bits per heavy atom. The maximum atomic E-state index is 13.6. The summed E-state index contributed by atoms with van der Waals surface area (Å²) in [4.78, 5) is 28.1. The highest BCUT2D eigenvalue weighted by Crippen LogP contribution is 2.43. The van der Waals surface area contributed by atoms with Gasteiger partial charge in [0, 0.05) is 48.7 Å². The monoisotopic (exact) mass is 536 g/mol. The number of pyridine rings is 1. The molecule has 206 valence electrons. The van der Waals surface area contributed by atoms with Gasteiger partial charge in [0.2, 0.25) is 5.43 Å². The second kappa shape index (κ2) is 10.1. The van der Waals surface area contributed by atoms with E-state index in [0.717, 1.165) is 16.6 Å². The Bertz CT molecular complexity index is 1560. The molecule has 0 aliphatic carbocycles. The molecule has 0 saturated carbocycles. The van der Waals surface area contributed by atoms with Gasteiger partial charge < -0.3 is 28.3 Å². The predicted molar refractivity (Wildman–Crippen MR) is 144 cm³/mol. The minimum absolute atomic E-state index is 0.112. The van der Waals surface area contributed by atoms with Crippen LogP contribution in [0.4, 0.5) is 0 Å². The van der Waals surface area contributed by atoms with Crippen LogP contribution >= 0.6 is 0 Å². The number of aryl methyl sites for hydroxylation is 1. The summed E-state index contributed by atoms with van der Waals surface area (Å²) in [6, 6.07) is 8.59. The van der Waals surface area contributed by atoms with Crippen LogP contribution in [0.5, 0.6) is 11.5 Å². The van der Waals surface area contributed by atoms with E-state index in [1.807, 2.05) is 49.7 Å². The van der Waals surface area contributed by atoms with E-state index in [0.29, 0.717) is 28.7 Å². The maximum absolute atomic E-state index is 13.6. The minimum Gasteiger partial charge on any atom is -0.496 e. The van der Waals surface area contributed by atoms with Crippen LogP contribution in [0.15, 0.2) is 40.2 Å². The van der Waals surface area contributed by atoms with Crippen LogP contribution in [0.3, 0.4) is 0 Å². The molecular formula is C28H32N4O7. The molecule has 39 heavy (non-hydrogen) atoms. The minimum atomic E-state index is -0.769. The van der Waals surface area contributed by atoms with Crippen LogP contribution in [0.25, 0.3) is 32.2 Å². The van der Waals surface area contributed by atoms with Crippen LogP contribution in [0, 0.1) is 0 Å². The third-order valence-corrected chi connectivity index (χ3v) is 7.62. The lowest BCUT2D eigenvalue weighted by Crippen LogP contribution is -2.54. The van der Waals surface area contributed by atoms with E-state index in [-0.39, 0.29) is 11.8 Å². The molecule has 11 heteroatoms. The number of esters is 1. The van der Waals surface area contributed by atoms with E-state index in [9.17, 15) is 9.59 Å². The topological polar surface area (TPSA) is 134 Å². The van der Waals surface area contributed by atoms with E-state index in [4.69, 9.17) is 29.2 Å². The second-order valence-electron chi connectivity index (χ2n) is 10.6. The zero-order valence-electron chi connectivity index (χ0n) is 22.8. The second-order valence-corrected chi connectivity index (χ2v) is 10.6. The molecule has 2 aliphatic rings. The number of hydrogen-bond acceptors (Lipinski definition) is 8. The number of benzene rings is 2. The Hall–Kier alpha value is -3.79. The molecule has 0 radical (unpaired) electrons.